The third-order valence-electron chi connectivity index (χ3n) is 2.22. The van der Waals surface area contributed by atoms with Crippen molar-refractivity contribution in [3.63, 3.8) is 0 Å². The Hall–Kier alpha value is -0.380. The topological polar surface area (TPSA) is 24.9 Å². The first-order chi connectivity index (χ1) is 5.88. The number of hydrogen-bond acceptors (Lipinski definition) is 2. The van der Waals surface area contributed by atoms with E-state index in [2.05, 4.69) is 10.3 Å². The van der Waals surface area contributed by atoms with Gasteiger partial charge in [0.05, 0.1) is 0 Å². The summed E-state index contributed by atoms with van der Waals surface area (Å²) in [6, 6.07) is 3.75. The second kappa shape index (κ2) is 6.17. The zero-order valence-corrected chi connectivity index (χ0v) is 9.21. The average Bonchev–Trinajstić information content (AvgIpc) is 2.57. The molecule has 1 atom stereocenters. The Morgan fingerprint density at radius 3 is 2.79 bits per heavy atom. The second-order valence-electron chi connectivity index (χ2n) is 3.03. The molecular weight excluding hydrogens is 226 g/mol. The van der Waals surface area contributed by atoms with Crippen molar-refractivity contribution < 1.29 is 4.39 Å². The van der Waals surface area contributed by atoms with E-state index >= 15 is 0 Å². The van der Waals surface area contributed by atoms with Crippen LogP contribution in [0.5, 0.6) is 0 Å². The summed E-state index contributed by atoms with van der Waals surface area (Å²) in [6.45, 7) is 0.985. The Morgan fingerprint density at radius 2 is 2.21 bits per heavy atom. The molecule has 0 spiro atoms. The van der Waals surface area contributed by atoms with E-state index in [0.29, 0.717) is 5.56 Å². The van der Waals surface area contributed by atoms with Gasteiger partial charge in [0.25, 0.3) is 0 Å². The Balaban J connectivity index is 0.000000845. The number of rotatable bonds is 1. The summed E-state index contributed by atoms with van der Waals surface area (Å²) in [5.74, 6) is -0.336. The molecule has 0 bridgehead atoms. The summed E-state index contributed by atoms with van der Waals surface area (Å²) >= 11 is 0. The van der Waals surface area contributed by atoms with E-state index in [1.54, 1.807) is 12.1 Å². The van der Waals surface area contributed by atoms with E-state index in [1.165, 1.54) is 6.20 Å². The fourth-order valence-corrected chi connectivity index (χ4v) is 1.61. The molecule has 1 aromatic rings. The van der Waals surface area contributed by atoms with E-state index < -0.39 is 0 Å². The molecule has 1 aromatic heterocycles. The van der Waals surface area contributed by atoms with Gasteiger partial charge in [-0.25, -0.2) is 4.98 Å². The zero-order valence-electron chi connectivity index (χ0n) is 7.57. The molecule has 1 saturated heterocycles. The molecule has 1 aliphatic heterocycles. The van der Waals surface area contributed by atoms with Gasteiger partial charge in [-0.3, -0.25) is 0 Å². The number of halogens is 3. The first kappa shape index (κ1) is 13.6. The van der Waals surface area contributed by atoms with Crippen molar-refractivity contribution in [2.75, 3.05) is 6.54 Å². The summed E-state index contributed by atoms with van der Waals surface area (Å²) in [5.41, 5.74) is 0.704. The van der Waals surface area contributed by atoms with Crippen LogP contribution < -0.4 is 5.32 Å². The summed E-state index contributed by atoms with van der Waals surface area (Å²) in [7, 11) is 0. The maximum absolute atomic E-state index is 13.1. The number of aromatic nitrogens is 1. The lowest BCUT2D eigenvalue weighted by Crippen LogP contribution is -2.14. The molecule has 14 heavy (non-hydrogen) atoms. The first-order valence-electron chi connectivity index (χ1n) is 4.22. The van der Waals surface area contributed by atoms with Crippen LogP contribution in [0, 0.1) is 5.95 Å². The van der Waals surface area contributed by atoms with Crippen LogP contribution in [0.1, 0.15) is 24.4 Å². The van der Waals surface area contributed by atoms with Crippen molar-refractivity contribution >= 4 is 24.8 Å². The number of pyridine rings is 1. The Morgan fingerprint density at radius 1 is 1.43 bits per heavy atom. The van der Waals surface area contributed by atoms with Crippen LogP contribution in [0.4, 0.5) is 4.39 Å². The quantitative estimate of drug-likeness (QED) is 0.761. The summed E-state index contributed by atoms with van der Waals surface area (Å²) in [6.07, 6.45) is 3.62. The van der Waals surface area contributed by atoms with E-state index in [1.807, 2.05) is 0 Å². The number of hydrogen-bond donors (Lipinski definition) is 1. The minimum Gasteiger partial charge on any atom is -0.310 e. The van der Waals surface area contributed by atoms with Crippen molar-refractivity contribution in [2.45, 2.75) is 18.9 Å². The van der Waals surface area contributed by atoms with Crippen molar-refractivity contribution in [3.05, 3.63) is 29.8 Å². The number of nitrogens with one attached hydrogen (secondary N) is 1. The molecule has 0 radical (unpaired) electrons. The Kier molecular flexibility index (Phi) is 6.00. The Bertz CT molecular complexity index is 277. The molecule has 2 rings (SSSR count). The van der Waals surface area contributed by atoms with Gasteiger partial charge in [-0.05, 0) is 25.5 Å². The fraction of sp³-hybridized carbons (Fsp3) is 0.444. The van der Waals surface area contributed by atoms with E-state index in [-0.39, 0.29) is 36.8 Å². The maximum atomic E-state index is 13.1. The zero-order chi connectivity index (χ0) is 8.39. The normalized spacial score (nSPS) is 19.6. The molecule has 0 unspecified atom stereocenters. The lowest BCUT2D eigenvalue weighted by molar-refractivity contribution is 0.528. The third kappa shape index (κ3) is 2.80. The van der Waals surface area contributed by atoms with Crippen LogP contribution in [0.15, 0.2) is 18.3 Å². The van der Waals surface area contributed by atoms with E-state index in [9.17, 15) is 4.39 Å². The highest BCUT2D eigenvalue weighted by molar-refractivity contribution is 5.85. The van der Waals surface area contributed by atoms with E-state index in [0.717, 1.165) is 19.4 Å². The molecule has 80 valence electrons. The highest BCUT2D eigenvalue weighted by Gasteiger charge is 2.19. The van der Waals surface area contributed by atoms with Gasteiger partial charge < -0.3 is 5.32 Å². The first-order valence-corrected chi connectivity index (χ1v) is 4.22. The smallest absolute Gasteiger partial charge is 0.217 e. The van der Waals surface area contributed by atoms with Gasteiger partial charge in [-0.1, -0.05) is 6.07 Å². The van der Waals surface area contributed by atoms with Gasteiger partial charge in [-0.15, -0.1) is 24.8 Å². The molecule has 0 aromatic carbocycles. The van der Waals surface area contributed by atoms with Crippen molar-refractivity contribution in [2.24, 2.45) is 0 Å². The largest absolute Gasteiger partial charge is 0.310 e. The fourth-order valence-electron chi connectivity index (χ4n) is 1.61. The second-order valence-corrected chi connectivity index (χ2v) is 3.03. The molecule has 1 fully saturated rings. The molecule has 2 heterocycles. The average molecular weight is 239 g/mol. The molecule has 5 heteroatoms. The molecule has 2 nitrogen and oxygen atoms in total. The van der Waals surface area contributed by atoms with Gasteiger partial charge in [0.15, 0.2) is 0 Å². The minimum atomic E-state index is -0.336. The van der Waals surface area contributed by atoms with Crippen LogP contribution in [0.3, 0.4) is 0 Å². The monoisotopic (exact) mass is 238 g/mol. The van der Waals surface area contributed by atoms with Crippen LogP contribution >= 0.6 is 24.8 Å². The molecule has 0 saturated carbocycles. The maximum Gasteiger partial charge on any atom is 0.217 e. The summed E-state index contributed by atoms with van der Waals surface area (Å²) < 4.78 is 13.1. The molecule has 0 aliphatic carbocycles. The van der Waals surface area contributed by atoms with Crippen molar-refractivity contribution in [1.29, 1.82) is 0 Å². The van der Waals surface area contributed by atoms with Crippen LogP contribution in [-0.4, -0.2) is 11.5 Å². The minimum absolute atomic E-state index is 0. The van der Waals surface area contributed by atoms with Gasteiger partial charge in [0, 0.05) is 17.8 Å². The standard InChI is InChI=1S/C9H11FN2.2ClH/c10-9-7(3-1-6-12-9)8-4-2-5-11-8;;/h1,3,6,8,11H,2,4-5H2;2*1H/t8-;;/m1../s1. The SMILES string of the molecule is Cl.Cl.Fc1ncccc1[C@H]1CCCN1. The molecule has 1 N–H and O–H groups in total. The van der Waals surface area contributed by atoms with Crippen molar-refractivity contribution in [3.8, 4) is 0 Å². The predicted octanol–water partition coefficient (Wildman–Crippen LogP) is 2.49. The lowest BCUT2D eigenvalue weighted by atomic mass is 10.1. The van der Waals surface area contributed by atoms with Gasteiger partial charge in [-0.2, -0.15) is 4.39 Å². The van der Waals surface area contributed by atoms with Crippen LogP contribution in [0.25, 0.3) is 0 Å². The van der Waals surface area contributed by atoms with Gasteiger partial charge in [0.1, 0.15) is 0 Å². The summed E-state index contributed by atoms with van der Waals surface area (Å²) in [5, 5.41) is 3.23. The molecular formula is C9H13Cl2FN2. The number of nitrogens with zero attached hydrogens (tertiary/aromatic N) is 1. The van der Waals surface area contributed by atoms with Gasteiger partial charge in [0.2, 0.25) is 5.95 Å². The Labute approximate surface area is 95.1 Å². The highest BCUT2D eigenvalue weighted by atomic mass is 35.5. The van der Waals surface area contributed by atoms with Crippen LogP contribution in [-0.2, 0) is 0 Å². The molecule has 1 aliphatic rings. The predicted molar refractivity (Wildman–Crippen MR) is 58.7 cm³/mol. The summed E-state index contributed by atoms with van der Waals surface area (Å²) in [4.78, 5) is 3.62. The van der Waals surface area contributed by atoms with Crippen LogP contribution in [0.2, 0.25) is 0 Å². The van der Waals surface area contributed by atoms with Gasteiger partial charge >= 0.3 is 0 Å². The molecule has 0 amide bonds. The van der Waals surface area contributed by atoms with Crippen molar-refractivity contribution in [1.82, 2.24) is 10.3 Å². The highest BCUT2D eigenvalue weighted by Crippen LogP contribution is 2.23. The lowest BCUT2D eigenvalue weighted by Gasteiger charge is -2.09. The third-order valence-corrected chi connectivity index (χ3v) is 2.22. The van der Waals surface area contributed by atoms with E-state index in [4.69, 9.17) is 0 Å².